The molecule has 5 fully saturated rings. The molecule has 490 valence electrons. The van der Waals surface area contributed by atoms with E-state index >= 15 is 0 Å². The van der Waals surface area contributed by atoms with Gasteiger partial charge < -0.3 is 49.6 Å². The van der Waals surface area contributed by atoms with E-state index in [4.69, 9.17) is 19.3 Å². The number of alkyl halides is 5. The number of aliphatic hydroxyl groups excluding tert-OH is 1. The van der Waals surface area contributed by atoms with Crippen molar-refractivity contribution in [3.8, 4) is 0 Å². The second kappa shape index (κ2) is 32.1. The number of imidazole rings is 1. The van der Waals surface area contributed by atoms with Crippen LogP contribution in [0.15, 0.2) is 24.8 Å². The van der Waals surface area contributed by atoms with Gasteiger partial charge in [-0.2, -0.15) is 9.37 Å². The van der Waals surface area contributed by atoms with Gasteiger partial charge in [-0.25, -0.2) is 51.3 Å². The largest absolute Gasteiger partial charge is 0.444 e. The van der Waals surface area contributed by atoms with Gasteiger partial charge >= 0.3 is 18.3 Å². The maximum absolute atomic E-state index is 14.6. The van der Waals surface area contributed by atoms with Crippen molar-refractivity contribution >= 4 is 72.6 Å². The van der Waals surface area contributed by atoms with Gasteiger partial charge in [0.1, 0.15) is 45.3 Å². The highest BCUT2D eigenvalue weighted by molar-refractivity contribution is 6.02. The first kappa shape index (κ1) is 76.6. The van der Waals surface area contributed by atoms with Gasteiger partial charge in [0.15, 0.2) is 29.1 Å². The number of amides is 4. The Kier molecular flexibility index (Phi) is 28.6. The fourth-order valence-electron chi connectivity index (χ4n) is 9.78. The number of rotatable bonds is 11. The van der Waals surface area contributed by atoms with Crippen molar-refractivity contribution in [3.05, 3.63) is 42.1 Å². The number of aryl methyl sites for hydroxylation is 1. The number of carbonyl (C=O) groups excluding carboxylic acids is 5. The van der Waals surface area contributed by atoms with Crippen molar-refractivity contribution in [2.75, 3.05) is 82.3 Å². The molecule has 4 amide bonds. The van der Waals surface area contributed by atoms with Gasteiger partial charge in [0.25, 0.3) is 11.9 Å². The van der Waals surface area contributed by atoms with E-state index in [1.807, 2.05) is 46.4 Å². The normalized spacial score (nSPS) is 24.3. The van der Waals surface area contributed by atoms with Crippen LogP contribution in [0.4, 0.5) is 52.4 Å². The topological polar surface area (TPSA) is 226 Å². The number of likely N-dealkylation sites (tertiary alicyclic amines) is 3. The summed E-state index contributed by atoms with van der Waals surface area (Å²) in [7, 11) is 0. The van der Waals surface area contributed by atoms with E-state index in [1.165, 1.54) is 37.7 Å². The van der Waals surface area contributed by atoms with Gasteiger partial charge in [-0.05, 0) is 101 Å². The van der Waals surface area contributed by atoms with Gasteiger partial charge in [0.05, 0.1) is 57.1 Å². The molecule has 28 heteroatoms. The average molecular weight is 1270 g/mol. The Labute approximate surface area is 514 Å². The van der Waals surface area contributed by atoms with Crippen LogP contribution in [0.1, 0.15) is 170 Å². The third kappa shape index (κ3) is 24.6. The van der Waals surface area contributed by atoms with Gasteiger partial charge in [-0.1, -0.05) is 40.0 Å². The lowest BCUT2D eigenvalue weighted by Crippen LogP contribution is -2.38. The van der Waals surface area contributed by atoms with E-state index in [0.717, 1.165) is 32.2 Å². The zero-order valence-electron chi connectivity index (χ0n) is 52.3. The Balaban J connectivity index is 0.000000386. The van der Waals surface area contributed by atoms with Gasteiger partial charge in [-0.15, -0.1) is 24.8 Å². The number of hydrogen-bond donors (Lipinski definition) is 3. The summed E-state index contributed by atoms with van der Waals surface area (Å²) in [6.45, 7) is 26.2. The zero-order valence-corrected chi connectivity index (χ0v) is 53.9. The van der Waals surface area contributed by atoms with E-state index in [9.17, 15) is 50.3 Å². The second-order valence-corrected chi connectivity index (χ2v) is 25.5. The summed E-state index contributed by atoms with van der Waals surface area (Å²) >= 11 is 0. The zero-order chi connectivity index (χ0) is 63.1. The first-order chi connectivity index (χ1) is 38.9. The highest BCUT2D eigenvalue weighted by atomic mass is 35.5. The van der Waals surface area contributed by atoms with Gasteiger partial charge in [0.2, 0.25) is 0 Å². The number of carbonyl (C=O) groups is 5. The molecular weight excluding hydrogens is 1180 g/mol. The molecule has 86 heavy (non-hydrogen) atoms. The smallest absolute Gasteiger partial charge is 0.410 e. The van der Waals surface area contributed by atoms with Crippen LogP contribution in [-0.4, -0.2) is 192 Å². The van der Waals surface area contributed by atoms with Crippen molar-refractivity contribution in [3.63, 3.8) is 0 Å². The van der Waals surface area contributed by atoms with Crippen LogP contribution in [-0.2, 0) is 19.0 Å². The molecule has 3 aromatic heterocycles. The van der Waals surface area contributed by atoms with Crippen molar-refractivity contribution in [1.29, 1.82) is 0 Å². The highest BCUT2D eigenvalue weighted by Crippen LogP contribution is 2.34. The lowest BCUT2D eigenvalue weighted by atomic mass is 10.00. The predicted molar refractivity (Wildman–Crippen MR) is 321 cm³/mol. The van der Waals surface area contributed by atoms with E-state index in [-0.39, 0.29) is 93.8 Å². The highest BCUT2D eigenvalue weighted by Gasteiger charge is 2.44. The standard InChI is InChI=1S/C19H21F2N7O.C12H22FNO2.C10H18FNO3.C10H16FNO3.C7H14FN.2ClH/c1-3-4-19(21)5-6-27(11-19)15-8-22-13(7-23-15)18(29)26-14-10-28-9-12(2)24-17(28)16(20)25-14;1-5-6-12(13)7-8-14(9-12)10(15)16-11(2,3)4;2*1-9(2,3)15-8(14)12-5-4-10(11,6-12)7-13;1-2-3-7(8)4-5-9-6-7;;/h7-10H,3-6,11H2,1-2H3,(H,26,29);5-9H2,1-4H3;13H,4-7H2,1-3H3;7H,4-6H2,1-3H3;9H,2-6H2,1H3;2*1H. The third-order valence-electron chi connectivity index (χ3n) is 13.9. The predicted octanol–water partition coefficient (Wildman–Crippen LogP) is 11.3. The Morgan fingerprint density at radius 2 is 1.13 bits per heavy atom. The number of nitrogens with zero attached hydrogens (tertiary/aromatic N) is 9. The maximum Gasteiger partial charge on any atom is 0.410 e. The first-order valence-electron chi connectivity index (χ1n) is 29.0. The molecule has 0 bridgehead atoms. The summed E-state index contributed by atoms with van der Waals surface area (Å²) in [6.07, 6.45) is 10.8. The summed E-state index contributed by atoms with van der Waals surface area (Å²) in [5, 5.41) is 14.3. The molecule has 5 unspecified atom stereocenters. The fraction of sp³-hybridized carbons (Fsp3) is 0.741. The summed E-state index contributed by atoms with van der Waals surface area (Å²) in [6, 6.07) is 0. The minimum atomic E-state index is -1.89. The van der Waals surface area contributed by atoms with Crippen LogP contribution < -0.4 is 15.5 Å². The van der Waals surface area contributed by atoms with Crippen LogP contribution in [0.5, 0.6) is 0 Å². The number of hydrogen-bond acceptors (Lipinski definition) is 15. The molecule has 5 saturated heterocycles. The average Bonchev–Trinajstić information content (AvgIpc) is 3.76. The Hall–Kier alpha value is -5.47. The number of fused-ring (bicyclic) bond motifs is 1. The Morgan fingerprint density at radius 3 is 1.57 bits per heavy atom. The van der Waals surface area contributed by atoms with Crippen LogP contribution >= 0.6 is 24.8 Å². The minimum Gasteiger partial charge on any atom is -0.444 e. The molecule has 5 aliphatic heterocycles. The molecular formula is C58H93Cl2F6N11O9. The van der Waals surface area contributed by atoms with E-state index in [0.29, 0.717) is 69.8 Å². The van der Waals surface area contributed by atoms with Crippen LogP contribution in [0.2, 0.25) is 0 Å². The molecule has 0 radical (unpaired) electrons. The van der Waals surface area contributed by atoms with Crippen molar-refractivity contribution in [2.24, 2.45) is 0 Å². The summed E-state index contributed by atoms with van der Waals surface area (Å²) < 4.78 is 99.9. The SMILES string of the molecule is CC(C)(C)OC(=O)N1CCC(F)(C=O)C1.CC(C)(C)OC(=O)N1CCC(F)(CO)C1.CCCC1(F)CCN(C(=O)OC(C)(C)C)C1.CCCC1(F)CCN(c2cnc(C(=O)Nc3cn4cc(C)nc4c(F)n3)cn2)C1.CCCC1(F)CCNC1.Cl.Cl. The molecule has 3 N–H and O–H groups in total. The fourth-order valence-corrected chi connectivity index (χ4v) is 9.78. The molecule has 8 rings (SSSR count). The van der Waals surface area contributed by atoms with Crippen LogP contribution in [0.25, 0.3) is 5.65 Å². The number of anilines is 2. The van der Waals surface area contributed by atoms with E-state index in [2.05, 4.69) is 30.6 Å². The van der Waals surface area contributed by atoms with Crippen molar-refractivity contribution < 1.29 is 69.6 Å². The van der Waals surface area contributed by atoms with Gasteiger partial charge in [0, 0.05) is 64.6 Å². The summed E-state index contributed by atoms with van der Waals surface area (Å²) in [5.74, 6) is -0.797. The summed E-state index contributed by atoms with van der Waals surface area (Å²) in [4.78, 5) is 79.5. The number of ether oxygens (including phenoxy) is 3. The molecule has 0 spiro atoms. The number of halogens is 8. The van der Waals surface area contributed by atoms with Crippen molar-refractivity contribution in [1.82, 2.24) is 44.4 Å². The molecule has 5 atom stereocenters. The van der Waals surface area contributed by atoms with Crippen LogP contribution in [0.3, 0.4) is 0 Å². The molecule has 0 aliphatic carbocycles. The minimum absolute atomic E-state index is 0. The molecule has 20 nitrogen and oxygen atoms in total. The molecule has 0 saturated carbocycles. The Bertz CT molecular complexity index is 2660. The lowest BCUT2D eigenvalue weighted by Gasteiger charge is -2.25. The quantitative estimate of drug-likeness (QED) is 0.0922. The molecule has 0 aromatic carbocycles. The first-order valence-corrected chi connectivity index (χ1v) is 29.0. The number of aromatic nitrogens is 5. The molecule has 3 aromatic rings. The second-order valence-electron chi connectivity index (χ2n) is 25.5. The Morgan fingerprint density at radius 1 is 0.651 bits per heavy atom. The monoisotopic (exact) mass is 1270 g/mol. The van der Waals surface area contributed by atoms with E-state index in [1.54, 1.807) is 54.7 Å². The van der Waals surface area contributed by atoms with Crippen molar-refractivity contribution in [2.45, 2.75) is 206 Å². The third-order valence-corrected chi connectivity index (χ3v) is 13.9. The molecule has 8 heterocycles. The van der Waals surface area contributed by atoms with Crippen LogP contribution in [0, 0.1) is 12.9 Å². The lowest BCUT2D eigenvalue weighted by molar-refractivity contribution is -0.117. The number of aldehydes is 1. The maximum atomic E-state index is 14.6. The van der Waals surface area contributed by atoms with E-state index < -0.39 is 81.9 Å². The number of aliphatic hydroxyl groups is 1. The molecule has 5 aliphatic rings. The van der Waals surface area contributed by atoms with Gasteiger partial charge in [-0.3, -0.25) is 14.0 Å². The number of nitrogens with one attached hydrogen (secondary N) is 2. The summed E-state index contributed by atoms with van der Waals surface area (Å²) in [5.41, 5.74) is -7.73.